The Hall–Kier alpha value is -2.36. The van der Waals surface area contributed by atoms with E-state index < -0.39 is 5.97 Å². The lowest BCUT2D eigenvalue weighted by Gasteiger charge is -2.14. The van der Waals surface area contributed by atoms with E-state index in [2.05, 4.69) is 15.9 Å². The number of anilines is 1. The SMILES string of the molecule is COc1cc(/C=C2/SC(=S)N(c3ccc(C(=O)O)cc3)C2=O)cc(Br)c1O. The molecule has 2 aromatic rings. The molecule has 0 spiro atoms. The molecular weight excluding hydrogens is 454 g/mol. The number of amides is 1. The van der Waals surface area contributed by atoms with Crippen molar-refractivity contribution in [2.45, 2.75) is 0 Å². The summed E-state index contributed by atoms with van der Waals surface area (Å²) < 4.78 is 5.90. The van der Waals surface area contributed by atoms with Crippen LogP contribution >= 0.6 is 39.9 Å². The van der Waals surface area contributed by atoms with Crippen LogP contribution in [0, 0.1) is 0 Å². The summed E-state index contributed by atoms with van der Waals surface area (Å²) in [6, 6.07) is 9.18. The molecular formula is C18H12BrNO5S2. The van der Waals surface area contributed by atoms with Gasteiger partial charge < -0.3 is 14.9 Å². The third-order valence-electron chi connectivity index (χ3n) is 3.73. The predicted octanol–water partition coefficient (Wildman–Crippen LogP) is 4.27. The molecule has 0 aliphatic carbocycles. The molecule has 6 nitrogen and oxygen atoms in total. The quantitative estimate of drug-likeness (QED) is 0.514. The van der Waals surface area contributed by atoms with Crippen LogP contribution in [0.2, 0.25) is 0 Å². The minimum absolute atomic E-state index is 0.0271. The number of phenolic OH excluding ortho intramolecular Hbond substituents is 1. The van der Waals surface area contributed by atoms with E-state index >= 15 is 0 Å². The van der Waals surface area contributed by atoms with E-state index in [1.807, 2.05) is 0 Å². The molecule has 1 amide bonds. The van der Waals surface area contributed by atoms with Crippen LogP contribution < -0.4 is 9.64 Å². The molecule has 1 aliphatic rings. The first-order valence-corrected chi connectivity index (χ1v) is 9.51. The number of nitrogens with zero attached hydrogens (tertiary/aromatic N) is 1. The van der Waals surface area contributed by atoms with Crippen molar-refractivity contribution in [3.63, 3.8) is 0 Å². The highest BCUT2D eigenvalue weighted by Gasteiger charge is 2.33. The number of aromatic hydroxyl groups is 1. The largest absolute Gasteiger partial charge is 0.503 e. The van der Waals surface area contributed by atoms with E-state index in [0.29, 0.717) is 24.9 Å². The molecule has 138 valence electrons. The van der Waals surface area contributed by atoms with Crippen molar-refractivity contribution >= 4 is 67.9 Å². The summed E-state index contributed by atoms with van der Waals surface area (Å²) in [6.45, 7) is 0. The van der Waals surface area contributed by atoms with Gasteiger partial charge in [-0.25, -0.2) is 4.79 Å². The van der Waals surface area contributed by atoms with Crippen LogP contribution in [0.25, 0.3) is 6.08 Å². The Morgan fingerprint density at radius 2 is 1.96 bits per heavy atom. The van der Waals surface area contributed by atoms with Crippen molar-refractivity contribution in [2.75, 3.05) is 12.0 Å². The number of thioether (sulfide) groups is 1. The summed E-state index contributed by atoms with van der Waals surface area (Å²) in [7, 11) is 1.44. The van der Waals surface area contributed by atoms with E-state index in [4.69, 9.17) is 22.1 Å². The smallest absolute Gasteiger partial charge is 0.335 e. The summed E-state index contributed by atoms with van der Waals surface area (Å²) >= 11 is 9.69. The molecule has 0 unspecified atom stereocenters. The number of hydrogen-bond acceptors (Lipinski definition) is 6. The molecule has 1 aliphatic heterocycles. The molecule has 3 rings (SSSR count). The Labute approximate surface area is 172 Å². The van der Waals surface area contributed by atoms with E-state index in [1.54, 1.807) is 18.2 Å². The van der Waals surface area contributed by atoms with Gasteiger partial charge in [0.1, 0.15) is 0 Å². The molecule has 1 fully saturated rings. The number of aromatic carboxylic acids is 1. The normalized spacial score (nSPS) is 15.5. The first-order chi connectivity index (χ1) is 12.8. The van der Waals surface area contributed by atoms with Crippen molar-refractivity contribution in [1.29, 1.82) is 0 Å². The van der Waals surface area contributed by atoms with Crippen molar-refractivity contribution in [3.05, 3.63) is 56.9 Å². The van der Waals surface area contributed by atoms with Crippen molar-refractivity contribution in [3.8, 4) is 11.5 Å². The van der Waals surface area contributed by atoms with Crippen LogP contribution in [-0.2, 0) is 4.79 Å². The first kappa shape index (κ1) is 19.4. The number of carboxylic acid groups (broad SMARTS) is 1. The summed E-state index contributed by atoms with van der Waals surface area (Å²) in [5, 5.41) is 18.9. The van der Waals surface area contributed by atoms with Crippen LogP contribution in [0.5, 0.6) is 11.5 Å². The molecule has 0 saturated carbocycles. The number of benzene rings is 2. The fourth-order valence-corrected chi connectivity index (χ4v) is 4.19. The third-order valence-corrected chi connectivity index (χ3v) is 5.64. The Kier molecular flexibility index (Phi) is 5.54. The number of ether oxygens (including phenoxy) is 1. The second kappa shape index (κ2) is 7.71. The molecule has 27 heavy (non-hydrogen) atoms. The Balaban J connectivity index is 1.93. The van der Waals surface area contributed by atoms with E-state index in [0.717, 1.165) is 11.8 Å². The Morgan fingerprint density at radius 3 is 2.56 bits per heavy atom. The standard InChI is InChI=1S/C18H12BrNO5S2/c1-25-13-7-9(6-12(19)15(13)21)8-14-16(22)20(18(26)27-14)11-4-2-10(3-5-11)17(23)24/h2-8,21H,1H3,(H,23,24)/b14-8+. The monoisotopic (exact) mass is 465 g/mol. The molecule has 1 saturated heterocycles. The number of phenols is 1. The van der Waals surface area contributed by atoms with Gasteiger partial charge in [-0.15, -0.1) is 0 Å². The number of halogens is 1. The number of methoxy groups -OCH3 is 1. The number of hydrogen-bond donors (Lipinski definition) is 2. The third kappa shape index (κ3) is 3.85. The summed E-state index contributed by atoms with van der Waals surface area (Å²) in [4.78, 5) is 25.5. The maximum absolute atomic E-state index is 12.8. The minimum atomic E-state index is -1.04. The van der Waals surface area contributed by atoms with E-state index in [1.165, 1.54) is 36.3 Å². The zero-order valence-corrected chi connectivity index (χ0v) is 17.0. The average molecular weight is 466 g/mol. The van der Waals surface area contributed by atoms with Crippen LogP contribution in [0.4, 0.5) is 5.69 Å². The number of carboxylic acids is 1. The van der Waals surface area contributed by atoms with Gasteiger partial charge >= 0.3 is 5.97 Å². The van der Waals surface area contributed by atoms with Crippen molar-refractivity contribution in [2.24, 2.45) is 0 Å². The Morgan fingerprint density at radius 1 is 1.30 bits per heavy atom. The molecule has 0 bridgehead atoms. The summed E-state index contributed by atoms with van der Waals surface area (Å²) in [6.07, 6.45) is 1.65. The zero-order valence-electron chi connectivity index (χ0n) is 13.8. The van der Waals surface area contributed by atoms with E-state index in [9.17, 15) is 14.7 Å². The molecule has 2 N–H and O–H groups in total. The van der Waals surface area contributed by atoms with Crippen LogP contribution in [0.15, 0.2) is 45.8 Å². The number of thiocarbonyl (C=S) groups is 1. The number of rotatable bonds is 4. The molecule has 0 radical (unpaired) electrons. The lowest BCUT2D eigenvalue weighted by atomic mass is 10.1. The maximum Gasteiger partial charge on any atom is 0.335 e. The van der Waals surface area contributed by atoms with Gasteiger partial charge in [0.15, 0.2) is 15.8 Å². The molecule has 1 heterocycles. The molecule has 2 aromatic carbocycles. The van der Waals surface area contributed by atoms with E-state index in [-0.39, 0.29) is 23.0 Å². The van der Waals surface area contributed by atoms with Gasteiger partial charge in [0.25, 0.3) is 5.91 Å². The van der Waals surface area contributed by atoms with Gasteiger partial charge in [0.2, 0.25) is 0 Å². The van der Waals surface area contributed by atoms with Crippen LogP contribution in [0.3, 0.4) is 0 Å². The maximum atomic E-state index is 12.8. The lowest BCUT2D eigenvalue weighted by molar-refractivity contribution is -0.113. The van der Waals surface area contributed by atoms with Gasteiger partial charge in [-0.3, -0.25) is 9.69 Å². The number of carbonyl (C=O) groups is 2. The second-order valence-corrected chi connectivity index (χ2v) is 7.95. The summed E-state index contributed by atoms with van der Waals surface area (Å²) in [5.74, 6) is -1.11. The summed E-state index contributed by atoms with van der Waals surface area (Å²) in [5.41, 5.74) is 1.27. The molecule has 0 aromatic heterocycles. The van der Waals surface area contributed by atoms with Crippen LogP contribution in [0.1, 0.15) is 15.9 Å². The molecule has 0 atom stereocenters. The minimum Gasteiger partial charge on any atom is -0.503 e. The van der Waals surface area contributed by atoms with Gasteiger partial charge in [-0.05, 0) is 64.0 Å². The van der Waals surface area contributed by atoms with Crippen molar-refractivity contribution < 1.29 is 24.5 Å². The first-order valence-electron chi connectivity index (χ1n) is 7.49. The zero-order chi connectivity index (χ0) is 19.7. The highest BCUT2D eigenvalue weighted by atomic mass is 79.9. The number of carbonyl (C=O) groups excluding carboxylic acids is 1. The highest BCUT2D eigenvalue weighted by molar-refractivity contribution is 9.10. The lowest BCUT2D eigenvalue weighted by Crippen LogP contribution is -2.27. The molecule has 9 heteroatoms. The Bertz CT molecular complexity index is 988. The topological polar surface area (TPSA) is 87.1 Å². The van der Waals surface area contributed by atoms with Gasteiger partial charge in [-0.1, -0.05) is 24.0 Å². The average Bonchev–Trinajstić information content (AvgIpc) is 2.91. The fourth-order valence-electron chi connectivity index (χ4n) is 2.43. The fraction of sp³-hybridized carbons (Fsp3) is 0.0556. The van der Waals surface area contributed by atoms with Crippen LogP contribution in [-0.4, -0.2) is 33.5 Å². The highest BCUT2D eigenvalue weighted by Crippen LogP contribution is 2.39. The van der Waals surface area contributed by atoms with Gasteiger partial charge in [0, 0.05) is 0 Å². The second-order valence-electron chi connectivity index (χ2n) is 5.42. The van der Waals surface area contributed by atoms with Crippen molar-refractivity contribution in [1.82, 2.24) is 0 Å². The predicted molar refractivity (Wildman–Crippen MR) is 111 cm³/mol. The van der Waals surface area contributed by atoms with Gasteiger partial charge in [-0.2, -0.15) is 0 Å². The van der Waals surface area contributed by atoms with Gasteiger partial charge in [0.05, 0.1) is 27.7 Å².